The predicted molar refractivity (Wildman–Crippen MR) is 95.3 cm³/mol. The molecular formula is C17H20N4OS. The summed E-state index contributed by atoms with van der Waals surface area (Å²) in [4.78, 5) is 10.9. The van der Waals surface area contributed by atoms with Crippen molar-refractivity contribution in [3.8, 4) is 5.75 Å². The van der Waals surface area contributed by atoms with Crippen LogP contribution in [0, 0.1) is 0 Å². The standard InChI is InChI=1S/C17H20N4OS/c1-21(2)15(12-4-6-13(22-3)7-5-12)10-18-17-16-14(8-9-23-16)19-11-20-17/h4-9,11,15H,10H2,1-3H3,(H,18,19,20). The number of nitrogens with zero attached hydrogens (tertiary/aromatic N) is 3. The number of fused-ring (bicyclic) bond motifs is 1. The molecule has 1 N–H and O–H groups in total. The highest BCUT2D eigenvalue weighted by atomic mass is 32.1. The minimum Gasteiger partial charge on any atom is -0.497 e. The topological polar surface area (TPSA) is 50.3 Å². The number of aromatic nitrogens is 2. The molecule has 0 radical (unpaired) electrons. The number of nitrogens with one attached hydrogen (secondary N) is 1. The van der Waals surface area contributed by atoms with Gasteiger partial charge in [0, 0.05) is 6.54 Å². The summed E-state index contributed by atoms with van der Waals surface area (Å²) < 4.78 is 6.33. The Labute approximate surface area is 139 Å². The van der Waals surface area contributed by atoms with Crippen molar-refractivity contribution in [3.05, 3.63) is 47.6 Å². The summed E-state index contributed by atoms with van der Waals surface area (Å²) in [5.74, 6) is 1.76. The second-order valence-electron chi connectivity index (χ2n) is 5.49. The number of thiophene rings is 1. The van der Waals surface area contributed by atoms with Gasteiger partial charge in [0.2, 0.25) is 0 Å². The average Bonchev–Trinajstić information content (AvgIpc) is 3.04. The molecule has 3 rings (SSSR count). The Kier molecular flexibility index (Phi) is 4.73. The zero-order valence-corrected chi connectivity index (χ0v) is 14.3. The lowest BCUT2D eigenvalue weighted by Crippen LogP contribution is -2.27. The van der Waals surface area contributed by atoms with Crippen molar-refractivity contribution in [2.45, 2.75) is 6.04 Å². The van der Waals surface area contributed by atoms with Gasteiger partial charge in [-0.2, -0.15) is 0 Å². The van der Waals surface area contributed by atoms with Crippen molar-refractivity contribution < 1.29 is 4.74 Å². The number of hydrogen-bond acceptors (Lipinski definition) is 6. The summed E-state index contributed by atoms with van der Waals surface area (Å²) in [6, 6.07) is 10.4. The average molecular weight is 328 g/mol. The van der Waals surface area contributed by atoms with Crippen LogP contribution in [-0.2, 0) is 0 Å². The van der Waals surface area contributed by atoms with Gasteiger partial charge in [0.1, 0.15) is 17.9 Å². The van der Waals surface area contributed by atoms with Crippen molar-refractivity contribution in [2.75, 3.05) is 33.1 Å². The molecule has 0 saturated carbocycles. The number of anilines is 1. The Morgan fingerprint density at radius 2 is 1.96 bits per heavy atom. The lowest BCUT2D eigenvalue weighted by atomic mass is 10.1. The molecule has 0 aliphatic carbocycles. The van der Waals surface area contributed by atoms with Crippen molar-refractivity contribution in [2.24, 2.45) is 0 Å². The van der Waals surface area contributed by atoms with E-state index >= 15 is 0 Å². The summed E-state index contributed by atoms with van der Waals surface area (Å²) in [5.41, 5.74) is 2.22. The minimum atomic E-state index is 0.242. The largest absolute Gasteiger partial charge is 0.497 e. The highest BCUT2D eigenvalue weighted by Crippen LogP contribution is 2.26. The summed E-state index contributed by atoms with van der Waals surface area (Å²) in [6.45, 7) is 0.767. The molecule has 0 spiro atoms. The van der Waals surface area contributed by atoms with Crippen LogP contribution in [-0.4, -0.2) is 42.6 Å². The number of likely N-dealkylation sites (N-methyl/N-ethyl adjacent to an activating group) is 1. The molecule has 3 aromatic rings. The van der Waals surface area contributed by atoms with Crippen LogP contribution in [0.25, 0.3) is 10.2 Å². The molecule has 2 heterocycles. The molecule has 0 bridgehead atoms. The van der Waals surface area contributed by atoms with E-state index in [1.54, 1.807) is 24.8 Å². The molecule has 1 unspecified atom stereocenters. The molecule has 0 amide bonds. The molecular weight excluding hydrogens is 308 g/mol. The summed E-state index contributed by atoms with van der Waals surface area (Å²) >= 11 is 1.66. The van der Waals surface area contributed by atoms with E-state index in [0.29, 0.717) is 0 Å². The van der Waals surface area contributed by atoms with Crippen LogP contribution in [0.1, 0.15) is 11.6 Å². The molecule has 2 aromatic heterocycles. The van der Waals surface area contributed by atoms with Crippen molar-refractivity contribution in [1.82, 2.24) is 14.9 Å². The van der Waals surface area contributed by atoms with E-state index in [9.17, 15) is 0 Å². The fraction of sp³-hybridized carbons (Fsp3) is 0.294. The van der Waals surface area contributed by atoms with Gasteiger partial charge in [-0.05, 0) is 43.2 Å². The molecule has 0 aliphatic heterocycles. The fourth-order valence-electron chi connectivity index (χ4n) is 2.53. The molecule has 0 aliphatic rings. The number of hydrogen-bond donors (Lipinski definition) is 1. The van der Waals surface area contributed by atoms with Gasteiger partial charge >= 0.3 is 0 Å². The first-order chi connectivity index (χ1) is 11.2. The lowest BCUT2D eigenvalue weighted by molar-refractivity contribution is 0.311. The van der Waals surface area contributed by atoms with Gasteiger partial charge in [0.15, 0.2) is 0 Å². The van der Waals surface area contributed by atoms with Gasteiger partial charge in [0.25, 0.3) is 0 Å². The van der Waals surface area contributed by atoms with Gasteiger partial charge in [-0.1, -0.05) is 12.1 Å². The molecule has 6 heteroatoms. The van der Waals surface area contributed by atoms with E-state index in [-0.39, 0.29) is 6.04 Å². The van der Waals surface area contributed by atoms with Crippen molar-refractivity contribution >= 4 is 27.4 Å². The number of ether oxygens (including phenoxy) is 1. The van der Waals surface area contributed by atoms with E-state index in [1.165, 1.54) is 5.56 Å². The zero-order valence-electron chi connectivity index (χ0n) is 13.5. The second-order valence-corrected chi connectivity index (χ2v) is 6.41. The van der Waals surface area contributed by atoms with Crippen molar-refractivity contribution in [3.63, 3.8) is 0 Å². The van der Waals surface area contributed by atoms with Crippen molar-refractivity contribution in [1.29, 1.82) is 0 Å². The van der Waals surface area contributed by atoms with Crippen LogP contribution in [0.2, 0.25) is 0 Å². The van der Waals surface area contributed by atoms with Crippen LogP contribution in [0.15, 0.2) is 42.0 Å². The normalized spacial score (nSPS) is 12.5. The molecule has 23 heavy (non-hydrogen) atoms. The molecule has 5 nitrogen and oxygen atoms in total. The van der Waals surface area contributed by atoms with Crippen LogP contribution < -0.4 is 10.1 Å². The van der Waals surface area contributed by atoms with Gasteiger partial charge in [-0.3, -0.25) is 0 Å². The Balaban J connectivity index is 1.78. The third-order valence-electron chi connectivity index (χ3n) is 3.83. The van der Waals surface area contributed by atoms with E-state index in [4.69, 9.17) is 4.74 Å². The SMILES string of the molecule is COc1ccc(C(CNc2ncnc3ccsc23)N(C)C)cc1. The zero-order chi connectivity index (χ0) is 16.2. The number of methoxy groups -OCH3 is 1. The maximum atomic E-state index is 5.23. The fourth-order valence-corrected chi connectivity index (χ4v) is 3.34. The molecule has 1 atom stereocenters. The first-order valence-corrected chi connectivity index (χ1v) is 8.29. The second kappa shape index (κ2) is 6.93. The number of benzene rings is 1. The molecule has 120 valence electrons. The van der Waals surface area contributed by atoms with E-state index in [0.717, 1.165) is 28.3 Å². The van der Waals surface area contributed by atoms with E-state index in [2.05, 4.69) is 46.4 Å². The summed E-state index contributed by atoms with van der Waals surface area (Å²) in [6.07, 6.45) is 1.61. The first-order valence-electron chi connectivity index (χ1n) is 7.41. The molecule has 0 fully saturated rings. The monoisotopic (exact) mass is 328 g/mol. The summed E-state index contributed by atoms with van der Waals surface area (Å²) in [7, 11) is 5.84. The van der Waals surface area contributed by atoms with E-state index in [1.807, 2.05) is 23.6 Å². The van der Waals surface area contributed by atoms with Crippen LogP contribution in [0.4, 0.5) is 5.82 Å². The third-order valence-corrected chi connectivity index (χ3v) is 4.74. The predicted octanol–water partition coefficient (Wildman–Crippen LogP) is 3.41. The van der Waals surface area contributed by atoms with E-state index < -0.39 is 0 Å². The van der Waals surface area contributed by atoms with Gasteiger partial charge in [-0.15, -0.1) is 11.3 Å². The van der Waals surface area contributed by atoms with Crippen LogP contribution in [0.5, 0.6) is 5.75 Å². The highest BCUT2D eigenvalue weighted by molar-refractivity contribution is 7.17. The Morgan fingerprint density at radius 1 is 1.17 bits per heavy atom. The van der Waals surface area contributed by atoms with Crippen LogP contribution in [0.3, 0.4) is 0 Å². The van der Waals surface area contributed by atoms with Gasteiger partial charge in [-0.25, -0.2) is 9.97 Å². The molecule has 0 saturated heterocycles. The van der Waals surface area contributed by atoms with Crippen LogP contribution >= 0.6 is 11.3 Å². The Bertz CT molecular complexity index is 770. The quantitative estimate of drug-likeness (QED) is 0.751. The summed E-state index contributed by atoms with van der Waals surface area (Å²) in [5, 5.41) is 5.51. The Hall–Kier alpha value is -2.18. The first kappa shape index (κ1) is 15.7. The Morgan fingerprint density at radius 3 is 2.65 bits per heavy atom. The van der Waals surface area contributed by atoms with Gasteiger partial charge < -0.3 is 15.0 Å². The minimum absolute atomic E-state index is 0.242. The number of rotatable bonds is 6. The highest BCUT2D eigenvalue weighted by Gasteiger charge is 2.15. The maximum Gasteiger partial charge on any atom is 0.147 e. The smallest absolute Gasteiger partial charge is 0.147 e. The third kappa shape index (κ3) is 3.43. The lowest BCUT2D eigenvalue weighted by Gasteiger charge is -2.25. The maximum absolute atomic E-state index is 5.23. The molecule has 1 aromatic carbocycles. The van der Waals surface area contributed by atoms with Gasteiger partial charge in [0.05, 0.1) is 23.4 Å².